The third kappa shape index (κ3) is 24.5. The van der Waals surface area contributed by atoms with E-state index in [1.165, 1.54) is 77.0 Å². The molecule has 0 bridgehead atoms. The lowest BCUT2D eigenvalue weighted by Gasteiger charge is -2.43. The highest BCUT2D eigenvalue weighted by Gasteiger charge is 2.53. The fraction of sp³-hybridized carbons (Fsp3) is 0.943. The smallest absolute Gasteiger partial charge is 0.397 e. The molecule has 1 heterocycles. The van der Waals surface area contributed by atoms with Crippen molar-refractivity contribution >= 4 is 32.7 Å². The molecule has 0 unspecified atom stereocenters. The first-order valence-corrected chi connectivity index (χ1v) is 21.9. The van der Waals surface area contributed by atoms with Gasteiger partial charge in [0.1, 0.15) is 12.7 Å². The fourth-order valence-corrected chi connectivity index (χ4v) is 7.14. The summed E-state index contributed by atoms with van der Waals surface area (Å²) in [5.74, 6) is -1.36. The van der Waals surface area contributed by atoms with Gasteiger partial charge in [-0.1, -0.05) is 142 Å². The highest BCUT2D eigenvalue weighted by Crippen LogP contribution is 2.31. The molecule has 0 amide bonds. The van der Waals surface area contributed by atoms with E-state index in [2.05, 4.69) is 18.0 Å². The topological polar surface area (TPSA) is 198 Å². The molecule has 1 aliphatic heterocycles. The van der Waals surface area contributed by atoms with Crippen LogP contribution in [0.1, 0.15) is 168 Å². The molecule has 0 aromatic carbocycles. The Hall–Kier alpha value is -1.40. The Morgan fingerprint density at radius 3 is 1.31 bits per heavy atom. The molecule has 0 aromatic rings. The molecule has 5 atom stereocenters. The predicted molar refractivity (Wildman–Crippen MR) is 192 cm³/mol. The number of hydrogen-bond acceptors (Lipinski definition) is 12. The minimum Gasteiger partial charge on any atom is -0.463 e. The van der Waals surface area contributed by atoms with Gasteiger partial charge in [-0.2, -0.15) is 16.8 Å². The van der Waals surface area contributed by atoms with E-state index in [9.17, 15) is 35.5 Å². The largest absolute Gasteiger partial charge is 0.463 e. The molecule has 0 saturated carbocycles. The second-order valence-electron chi connectivity index (χ2n) is 13.5. The zero-order valence-electron chi connectivity index (χ0n) is 31.2. The molecule has 1 rings (SSSR count). The van der Waals surface area contributed by atoms with Gasteiger partial charge in [-0.25, -0.2) is 8.37 Å². The standard InChI is InChI=1S/C35H66O14S2/c1-4-6-8-10-12-14-16-18-20-22-24-26-30(36)45-28-29-32(47-31(37)27-25-23-21-19-17-15-13-11-9-7-5-2)33(48-50(38,39)40)34(35(44-3)46-29)49-51(41,42)43/h29,32-35H,4-28H2,1-3H3,(H,38,39,40)(H,41,42,43)/t29-,32-,33+,34-,35+/m1/s1. The minimum atomic E-state index is -5.30. The first-order valence-electron chi connectivity index (χ1n) is 19.2. The van der Waals surface area contributed by atoms with E-state index in [4.69, 9.17) is 23.1 Å². The minimum absolute atomic E-state index is 0.0605. The summed E-state index contributed by atoms with van der Waals surface area (Å²) in [6.07, 6.45) is 14.9. The molecule has 0 aromatic heterocycles. The van der Waals surface area contributed by atoms with Crippen molar-refractivity contribution in [3.63, 3.8) is 0 Å². The molecule has 1 aliphatic rings. The Balaban J connectivity index is 2.77. The molecular formula is C35H66O14S2. The van der Waals surface area contributed by atoms with Crippen molar-refractivity contribution in [3.8, 4) is 0 Å². The third-order valence-electron chi connectivity index (χ3n) is 8.93. The molecule has 2 N–H and O–H groups in total. The van der Waals surface area contributed by atoms with Gasteiger partial charge in [0.05, 0.1) is 0 Å². The maximum Gasteiger partial charge on any atom is 0.397 e. The lowest BCUT2D eigenvalue weighted by Crippen LogP contribution is -2.62. The average Bonchev–Trinajstić information content (AvgIpc) is 3.06. The van der Waals surface area contributed by atoms with Crippen LogP contribution in [-0.4, -0.2) is 82.3 Å². The molecule has 302 valence electrons. The molecule has 51 heavy (non-hydrogen) atoms. The van der Waals surface area contributed by atoms with Crippen molar-refractivity contribution in [3.05, 3.63) is 0 Å². The van der Waals surface area contributed by atoms with Crippen LogP contribution in [0.25, 0.3) is 0 Å². The highest BCUT2D eigenvalue weighted by molar-refractivity contribution is 7.81. The van der Waals surface area contributed by atoms with Gasteiger partial charge in [0.2, 0.25) is 0 Å². The van der Waals surface area contributed by atoms with Crippen molar-refractivity contribution in [2.75, 3.05) is 13.7 Å². The average molecular weight is 775 g/mol. The summed E-state index contributed by atoms with van der Waals surface area (Å²) in [5, 5.41) is 0. The van der Waals surface area contributed by atoms with Crippen molar-refractivity contribution < 1.29 is 62.8 Å². The summed E-state index contributed by atoms with van der Waals surface area (Å²) in [6, 6.07) is 0. The lowest BCUT2D eigenvalue weighted by molar-refractivity contribution is -0.288. The first-order chi connectivity index (χ1) is 24.3. The zero-order valence-corrected chi connectivity index (χ0v) is 32.8. The van der Waals surface area contributed by atoms with Gasteiger partial charge in [-0.15, -0.1) is 0 Å². The Morgan fingerprint density at radius 2 is 0.922 bits per heavy atom. The molecule has 0 aliphatic carbocycles. The van der Waals surface area contributed by atoms with E-state index >= 15 is 0 Å². The van der Waals surface area contributed by atoms with Gasteiger partial charge >= 0.3 is 32.7 Å². The molecule has 0 spiro atoms. The van der Waals surface area contributed by atoms with Gasteiger partial charge in [0, 0.05) is 20.0 Å². The maximum atomic E-state index is 12.9. The number of unbranched alkanes of at least 4 members (excludes halogenated alkanes) is 20. The second-order valence-corrected chi connectivity index (χ2v) is 15.6. The van der Waals surface area contributed by atoms with E-state index in [1.807, 2.05) is 0 Å². The summed E-state index contributed by atoms with van der Waals surface area (Å²) < 4.78 is 96.9. The Morgan fingerprint density at radius 1 is 0.549 bits per heavy atom. The van der Waals surface area contributed by atoms with Gasteiger partial charge in [0.15, 0.2) is 24.6 Å². The number of carbonyl (C=O) groups is 2. The van der Waals surface area contributed by atoms with Crippen LogP contribution in [0.2, 0.25) is 0 Å². The second kappa shape index (κ2) is 28.1. The van der Waals surface area contributed by atoms with Crippen molar-refractivity contribution in [1.29, 1.82) is 0 Å². The molecule has 14 nitrogen and oxygen atoms in total. The number of ether oxygens (including phenoxy) is 4. The van der Waals surface area contributed by atoms with E-state index in [0.717, 1.165) is 58.5 Å². The molecule has 1 saturated heterocycles. The van der Waals surface area contributed by atoms with Crippen LogP contribution >= 0.6 is 0 Å². The van der Waals surface area contributed by atoms with Crippen LogP contribution in [0.3, 0.4) is 0 Å². The highest BCUT2D eigenvalue weighted by atomic mass is 32.3. The van der Waals surface area contributed by atoms with Gasteiger partial charge in [-0.3, -0.25) is 18.7 Å². The maximum absolute atomic E-state index is 12.9. The van der Waals surface area contributed by atoms with E-state index < -0.39 is 70.0 Å². The van der Waals surface area contributed by atoms with Crippen molar-refractivity contribution in [1.82, 2.24) is 0 Å². The van der Waals surface area contributed by atoms with Crippen LogP contribution in [0.4, 0.5) is 0 Å². The quantitative estimate of drug-likeness (QED) is 0.0385. The predicted octanol–water partition coefficient (Wildman–Crippen LogP) is 7.59. The molecular weight excluding hydrogens is 709 g/mol. The summed E-state index contributed by atoms with van der Waals surface area (Å²) in [5.41, 5.74) is 0. The van der Waals surface area contributed by atoms with E-state index in [-0.39, 0.29) is 12.8 Å². The normalized spacial score (nSPS) is 21.1. The van der Waals surface area contributed by atoms with Crippen molar-refractivity contribution in [2.45, 2.75) is 199 Å². The van der Waals surface area contributed by atoms with Crippen LogP contribution in [-0.2, 0) is 57.7 Å². The van der Waals surface area contributed by atoms with E-state index in [0.29, 0.717) is 12.8 Å². The Bertz CT molecular complexity index is 1130. The van der Waals surface area contributed by atoms with Crippen LogP contribution in [0, 0.1) is 0 Å². The summed E-state index contributed by atoms with van der Waals surface area (Å²) in [4.78, 5) is 25.5. The SMILES string of the molecule is CCCCCCCCCCCCCC(=O)OC[C@H]1O[C@H](OC)[C@H](OS(=O)(=O)O)[C@@H](OS(=O)(=O)O)[C@@H]1OC(=O)CCCCCCCCCCCCC. The summed E-state index contributed by atoms with van der Waals surface area (Å²) in [6.45, 7) is 3.84. The Kier molecular flexibility index (Phi) is 26.2. The summed E-state index contributed by atoms with van der Waals surface area (Å²) >= 11 is 0. The van der Waals surface area contributed by atoms with E-state index in [1.54, 1.807) is 0 Å². The van der Waals surface area contributed by atoms with Crippen LogP contribution in [0.5, 0.6) is 0 Å². The van der Waals surface area contributed by atoms with Gasteiger partial charge in [-0.05, 0) is 12.8 Å². The number of carbonyl (C=O) groups excluding carboxylic acids is 2. The number of hydrogen-bond donors (Lipinski definition) is 2. The van der Waals surface area contributed by atoms with Crippen LogP contribution in [0.15, 0.2) is 0 Å². The van der Waals surface area contributed by atoms with Gasteiger partial charge < -0.3 is 18.9 Å². The third-order valence-corrected chi connectivity index (χ3v) is 9.86. The Labute approximate surface area is 307 Å². The van der Waals surface area contributed by atoms with Crippen molar-refractivity contribution in [2.24, 2.45) is 0 Å². The zero-order chi connectivity index (χ0) is 38.0. The number of rotatable bonds is 32. The molecule has 0 radical (unpaired) electrons. The van der Waals surface area contributed by atoms with Crippen LogP contribution < -0.4 is 0 Å². The monoisotopic (exact) mass is 774 g/mol. The summed E-state index contributed by atoms with van der Waals surface area (Å²) in [7, 11) is -9.48. The van der Waals surface area contributed by atoms with Gasteiger partial charge in [0.25, 0.3) is 0 Å². The number of methoxy groups -OCH3 is 1. The lowest BCUT2D eigenvalue weighted by atomic mass is 9.98. The molecule has 16 heteroatoms. The fourth-order valence-electron chi connectivity index (χ4n) is 6.16. The number of esters is 2. The first kappa shape index (κ1) is 47.6. The molecule has 1 fully saturated rings.